The topological polar surface area (TPSA) is 32.7 Å². The summed E-state index contributed by atoms with van der Waals surface area (Å²) in [6, 6.07) is 6.20. The molecule has 1 aromatic rings. The van der Waals surface area contributed by atoms with Crippen LogP contribution in [0, 0.1) is 0 Å². The van der Waals surface area contributed by atoms with E-state index in [0.29, 0.717) is 0 Å². The zero-order valence-electron chi connectivity index (χ0n) is 13.4. The molecule has 0 aromatic heterocycles. The molecule has 0 radical (unpaired) electrons. The van der Waals surface area contributed by atoms with E-state index in [2.05, 4.69) is 17.0 Å². The standard InChI is InChI=1S/C17H27NO2.ClH/c1-18(2)16-13-15(20-3)8-7-14(16)9-12-17(19)10-5-4-6-11-17;/h7-8,13,19H,4-6,9-12H2,1-3H3;1H. The highest BCUT2D eigenvalue weighted by atomic mass is 35.5. The number of ether oxygens (including phenoxy) is 1. The van der Waals surface area contributed by atoms with Gasteiger partial charge in [0, 0.05) is 25.8 Å². The van der Waals surface area contributed by atoms with Crippen molar-refractivity contribution in [1.82, 2.24) is 0 Å². The van der Waals surface area contributed by atoms with E-state index in [1.54, 1.807) is 7.11 Å². The van der Waals surface area contributed by atoms with Crippen LogP contribution in [0.4, 0.5) is 5.69 Å². The number of hydrogen-bond acceptors (Lipinski definition) is 3. The maximum atomic E-state index is 10.6. The maximum Gasteiger partial charge on any atom is 0.120 e. The fourth-order valence-electron chi connectivity index (χ4n) is 3.13. The molecule has 0 spiro atoms. The van der Waals surface area contributed by atoms with Gasteiger partial charge in [-0.15, -0.1) is 12.4 Å². The van der Waals surface area contributed by atoms with Crippen LogP contribution in [0.25, 0.3) is 0 Å². The highest BCUT2D eigenvalue weighted by Crippen LogP contribution is 2.34. The minimum absolute atomic E-state index is 0. The van der Waals surface area contributed by atoms with Gasteiger partial charge in [0.05, 0.1) is 12.7 Å². The third-order valence-electron chi connectivity index (χ3n) is 4.42. The van der Waals surface area contributed by atoms with Gasteiger partial charge in [0.2, 0.25) is 0 Å². The average Bonchev–Trinajstić information content (AvgIpc) is 2.45. The number of methoxy groups -OCH3 is 1. The summed E-state index contributed by atoms with van der Waals surface area (Å²) in [5.41, 5.74) is 2.03. The third kappa shape index (κ3) is 4.79. The Labute approximate surface area is 134 Å². The second kappa shape index (κ2) is 7.90. The molecule has 21 heavy (non-hydrogen) atoms. The first-order chi connectivity index (χ1) is 9.54. The second-order valence-electron chi connectivity index (χ2n) is 6.17. The SMILES string of the molecule is COc1ccc(CCC2(O)CCCCC2)c(N(C)C)c1.Cl. The normalized spacial score (nSPS) is 17.0. The van der Waals surface area contributed by atoms with E-state index < -0.39 is 5.60 Å². The summed E-state index contributed by atoms with van der Waals surface area (Å²) in [7, 11) is 5.79. The van der Waals surface area contributed by atoms with Crippen LogP contribution in [-0.4, -0.2) is 31.9 Å². The van der Waals surface area contributed by atoms with Crippen LogP contribution < -0.4 is 9.64 Å². The molecule has 3 nitrogen and oxygen atoms in total. The Kier molecular flexibility index (Phi) is 6.82. The molecule has 0 heterocycles. The lowest BCUT2D eigenvalue weighted by molar-refractivity contribution is -0.00339. The summed E-state index contributed by atoms with van der Waals surface area (Å²) in [6.45, 7) is 0. The van der Waals surface area contributed by atoms with Gasteiger partial charge in [-0.1, -0.05) is 25.3 Å². The van der Waals surface area contributed by atoms with E-state index in [1.165, 1.54) is 30.5 Å². The maximum absolute atomic E-state index is 10.6. The summed E-state index contributed by atoms with van der Waals surface area (Å²) >= 11 is 0. The van der Waals surface area contributed by atoms with Crippen molar-refractivity contribution in [2.75, 3.05) is 26.1 Å². The van der Waals surface area contributed by atoms with Crippen LogP contribution in [0.1, 0.15) is 44.1 Å². The quantitative estimate of drug-likeness (QED) is 0.897. The van der Waals surface area contributed by atoms with Crippen molar-refractivity contribution in [2.24, 2.45) is 0 Å². The highest BCUT2D eigenvalue weighted by Gasteiger charge is 2.28. The molecule has 0 amide bonds. The lowest BCUT2D eigenvalue weighted by Crippen LogP contribution is -2.31. The number of aryl methyl sites for hydroxylation is 1. The van der Waals surface area contributed by atoms with Gasteiger partial charge in [0.15, 0.2) is 0 Å². The minimum atomic E-state index is -0.443. The van der Waals surface area contributed by atoms with E-state index in [4.69, 9.17) is 4.74 Å². The number of anilines is 1. The van der Waals surface area contributed by atoms with Gasteiger partial charge in [-0.25, -0.2) is 0 Å². The van der Waals surface area contributed by atoms with Crippen molar-refractivity contribution in [3.8, 4) is 5.75 Å². The molecular formula is C17H28ClNO2. The fourth-order valence-corrected chi connectivity index (χ4v) is 3.13. The van der Waals surface area contributed by atoms with E-state index in [1.807, 2.05) is 20.2 Å². The smallest absolute Gasteiger partial charge is 0.120 e. The van der Waals surface area contributed by atoms with Crippen molar-refractivity contribution in [2.45, 2.75) is 50.5 Å². The minimum Gasteiger partial charge on any atom is -0.497 e. The Morgan fingerprint density at radius 3 is 2.43 bits per heavy atom. The lowest BCUT2D eigenvalue weighted by atomic mass is 9.81. The summed E-state index contributed by atoms with van der Waals surface area (Å²) in [5.74, 6) is 0.883. The van der Waals surface area contributed by atoms with Crippen LogP contribution in [0.3, 0.4) is 0 Å². The van der Waals surface area contributed by atoms with Crippen molar-refractivity contribution >= 4 is 18.1 Å². The monoisotopic (exact) mass is 313 g/mol. The Bertz CT molecular complexity index is 442. The molecule has 1 N–H and O–H groups in total. The summed E-state index contributed by atoms with van der Waals surface area (Å²) in [5, 5.41) is 10.6. The van der Waals surface area contributed by atoms with E-state index in [0.717, 1.165) is 31.4 Å². The fraction of sp³-hybridized carbons (Fsp3) is 0.647. The molecule has 0 bridgehead atoms. The van der Waals surface area contributed by atoms with E-state index >= 15 is 0 Å². The number of halogens is 1. The molecule has 120 valence electrons. The number of nitrogens with zero attached hydrogens (tertiary/aromatic N) is 1. The third-order valence-corrected chi connectivity index (χ3v) is 4.42. The number of hydrogen-bond donors (Lipinski definition) is 1. The molecule has 0 aliphatic heterocycles. The molecule has 0 saturated heterocycles. The molecule has 4 heteroatoms. The van der Waals surface area contributed by atoms with Crippen LogP contribution in [0.2, 0.25) is 0 Å². The molecule has 1 aliphatic carbocycles. The van der Waals surface area contributed by atoms with Crippen LogP contribution in [-0.2, 0) is 6.42 Å². The van der Waals surface area contributed by atoms with Gasteiger partial charge in [0.25, 0.3) is 0 Å². The van der Waals surface area contributed by atoms with E-state index in [-0.39, 0.29) is 12.4 Å². The van der Waals surface area contributed by atoms with Gasteiger partial charge in [-0.2, -0.15) is 0 Å². The van der Waals surface area contributed by atoms with Gasteiger partial charge in [-0.3, -0.25) is 0 Å². The summed E-state index contributed by atoms with van der Waals surface area (Å²) < 4.78 is 5.30. The first-order valence-corrected chi connectivity index (χ1v) is 7.61. The van der Waals surface area contributed by atoms with Crippen molar-refractivity contribution in [3.05, 3.63) is 23.8 Å². The average molecular weight is 314 g/mol. The largest absolute Gasteiger partial charge is 0.497 e. The molecule has 0 unspecified atom stereocenters. The first kappa shape index (κ1) is 18.1. The molecule has 0 atom stereocenters. The molecule has 1 saturated carbocycles. The Morgan fingerprint density at radius 1 is 1.19 bits per heavy atom. The number of rotatable bonds is 5. The van der Waals surface area contributed by atoms with E-state index in [9.17, 15) is 5.11 Å². The molecule has 1 fully saturated rings. The van der Waals surface area contributed by atoms with Gasteiger partial charge < -0.3 is 14.7 Å². The van der Waals surface area contributed by atoms with Gasteiger partial charge >= 0.3 is 0 Å². The predicted molar refractivity (Wildman–Crippen MR) is 90.9 cm³/mol. The van der Waals surface area contributed by atoms with Crippen LogP contribution in [0.15, 0.2) is 18.2 Å². The zero-order valence-corrected chi connectivity index (χ0v) is 14.2. The van der Waals surface area contributed by atoms with Gasteiger partial charge in [-0.05, 0) is 37.3 Å². The Hall–Kier alpha value is -0.930. The zero-order chi connectivity index (χ0) is 14.6. The van der Waals surface area contributed by atoms with Crippen LogP contribution in [0.5, 0.6) is 5.75 Å². The van der Waals surface area contributed by atoms with Crippen molar-refractivity contribution < 1.29 is 9.84 Å². The molecule has 2 rings (SSSR count). The first-order valence-electron chi connectivity index (χ1n) is 7.61. The van der Waals surface area contributed by atoms with Crippen molar-refractivity contribution in [3.63, 3.8) is 0 Å². The second-order valence-corrected chi connectivity index (χ2v) is 6.17. The highest BCUT2D eigenvalue weighted by molar-refractivity contribution is 5.85. The Morgan fingerprint density at radius 2 is 1.86 bits per heavy atom. The summed E-state index contributed by atoms with van der Waals surface area (Å²) in [4.78, 5) is 2.11. The number of aliphatic hydroxyl groups is 1. The van der Waals surface area contributed by atoms with Crippen molar-refractivity contribution in [1.29, 1.82) is 0 Å². The Balaban J connectivity index is 0.00000220. The number of benzene rings is 1. The molecular weight excluding hydrogens is 286 g/mol. The van der Waals surface area contributed by atoms with Gasteiger partial charge in [0.1, 0.15) is 5.75 Å². The predicted octanol–water partition coefficient (Wildman–Crippen LogP) is 3.81. The summed E-state index contributed by atoms with van der Waals surface area (Å²) in [6.07, 6.45) is 7.31. The van der Waals surface area contributed by atoms with Crippen LogP contribution >= 0.6 is 12.4 Å². The molecule has 1 aliphatic rings. The molecule has 1 aromatic carbocycles. The lowest BCUT2D eigenvalue weighted by Gasteiger charge is -2.32.